The Bertz CT molecular complexity index is 108. The lowest BCUT2D eigenvalue weighted by Gasteiger charge is -2.30. The molecule has 1 N–H and O–H groups in total. The average molecular weight is 236 g/mol. The third-order valence-corrected chi connectivity index (χ3v) is 2.70. The fourth-order valence-corrected chi connectivity index (χ4v) is 2.35. The van der Waals surface area contributed by atoms with Crippen molar-refractivity contribution in [3.05, 3.63) is 0 Å². The molecular weight excluding hydrogens is 214 g/mol. The van der Waals surface area contributed by atoms with Crippen LogP contribution in [0.4, 0.5) is 0 Å². The Kier molecular flexibility index (Phi) is 6.20. The molecule has 0 heterocycles. The van der Waals surface area contributed by atoms with Gasteiger partial charge in [0, 0.05) is 16.9 Å². The van der Waals surface area contributed by atoms with Gasteiger partial charge in [0.1, 0.15) is 0 Å². The number of alkyl halides is 1. The van der Waals surface area contributed by atoms with E-state index in [9.17, 15) is 0 Å². The average Bonchev–Trinajstić information content (AvgIpc) is 2.00. The van der Waals surface area contributed by atoms with Crippen LogP contribution in [0.15, 0.2) is 0 Å². The highest BCUT2D eigenvalue weighted by Gasteiger charge is 2.19. The molecule has 0 rings (SSSR count). The van der Waals surface area contributed by atoms with E-state index in [1.807, 2.05) is 0 Å². The van der Waals surface area contributed by atoms with Gasteiger partial charge in [-0.15, -0.1) is 0 Å². The zero-order valence-corrected chi connectivity index (χ0v) is 10.4. The molecular formula is C10H22BrN. The number of halogens is 1. The van der Waals surface area contributed by atoms with Gasteiger partial charge in [-0.25, -0.2) is 0 Å². The smallest absolute Gasteiger partial charge is 0.0135 e. The first kappa shape index (κ1) is 12.4. The zero-order chi connectivity index (χ0) is 9.61. The van der Waals surface area contributed by atoms with E-state index in [4.69, 9.17) is 0 Å². The van der Waals surface area contributed by atoms with Crippen molar-refractivity contribution >= 4 is 15.9 Å². The molecule has 0 aliphatic rings. The van der Waals surface area contributed by atoms with Gasteiger partial charge in [0.05, 0.1) is 0 Å². The van der Waals surface area contributed by atoms with Crippen LogP contribution in [0, 0.1) is 0 Å². The molecule has 0 aliphatic carbocycles. The van der Waals surface area contributed by atoms with Crippen LogP contribution < -0.4 is 5.32 Å². The number of rotatable bonds is 6. The Labute approximate surface area is 85.4 Å². The van der Waals surface area contributed by atoms with E-state index in [0.717, 1.165) is 5.33 Å². The Balaban J connectivity index is 3.84. The van der Waals surface area contributed by atoms with Crippen molar-refractivity contribution < 1.29 is 0 Å². The maximum Gasteiger partial charge on any atom is 0.0135 e. The molecule has 0 aliphatic heterocycles. The minimum absolute atomic E-state index is 0.278. The normalized spacial score (nSPS) is 12.5. The molecule has 0 bridgehead atoms. The summed E-state index contributed by atoms with van der Waals surface area (Å²) in [5.41, 5.74) is 0.278. The van der Waals surface area contributed by atoms with Crippen molar-refractivity contribution in [2.45, 2.75) is 58.5 Å². The van der Waals surface area contributed by atoms with E-state index in [0.29, 0.717) is 6.04 Å². The van der Waals surface area contributed by atoms with Crippen molar-refractivity contribution in [3.63, 3.8) is 0 Å². The van der Waals surface area contributed by atoms with Crippen LogP contribution in [-0.2, 0) is 0 Å². The summed E-state index contributed by atoms with van der Waals surface area (Å²) in [5, 5.41) is 4.74. The molecule has 0 fully saturated rings. The highest BCUT2D eigenvalue weighted by molar-refractivity contribution is 9.09. The van der Waals surface area contributed by atoms with Crippen LogP contribution in [0.5, 0.6) is 0 Å². The van der Waals surface area contributed by atoms with E-state index in [1.165, 1.54) is 19.3 Å². The van der Waals surface area contributed by atoms with E-state index in [-0.39, 0.29) is 5.54 Å². The van der Waals surface area contributed by atoms with Gasteiger partial charge in [-0.1, -0.05) is 29.8 Å². The minimum Gasteiger partial charge on any atom is -0.309 e. The van der Waals surface area contributed by atoms with E-state index in [1.54, 1.807) is 0 Å². The van der Waals surface area contributed by atoms with Gasteiger partial charge >= 0.3 is 0 Å². The summed E-state index contributed by atoms with van der Waals surface area (Å²) in [4.78, 5) is 0. The number of hydrogen-bond acceptors (Lipinski definition) is 1. The van der Waals surface area contributed by atoms with Crippen molar-refractivity contribution in [3.8, 4) is 0 Å². The molecule has 0 saturated carbocycles. The Morgan fingerprint density at radius 1 is 1.25 bits per heavy atom. The predicted octanol–water partition coefficient (Wildman–Crippen LogP) is 3.33. The topological polar surface area (TPSA) is 12.0 Å². The standard InChI is InChI=1S/C10H22BrN/c1-5-9(6-2)12-10(3,4)7-8-11/h9,12H,5-8H2,1-4H3. The summed E-state index contributed by atoms with van der Waals surface area (Å²) in [6.07, 6.45) is 3.63. The third-order valence-electron chi connectivity index (χ3n) is 2.30. The van der Waals surface area contributed by atoms with Crippen LogP contribution in [0.3, 0.4) is 0 Å². The third kappa shape index (κ3) is 5.15. The van der Waals surface area contributed by atoms with Crippen molar-refractivity contribution in [2.75, 3.05) is 5.33 Å². The van der Waals surface area contributed by atoms with Gasteiger partial charge in [-0.2, -0.15) is 0 Å². The summed E-state index contributed by atoms with van der Waals surface area (Å²) in [6, 6.07) is 0.680. The Morgan fingerprint density at radius 2 is 1.75 bits per heavy atom. The second kappa shape index (κ2) is 5.98. The summed E-state index contributed by atoms with van der Waals surface area (Å²) in [7, 11) is 0. The largest absolute Gasteiger partial charge is 0.309 e. The lowest BCUT2D eigenvalue weighted by molar-refractivity contribution is 0.315. The highest BCUT2D eigenvalue weighted by Crippen LogP contribution is 2.13. The van der Waals surface area contributed by atoms with Gasteiger partial charge in [-0.3, -0.25) is 0 Å². The van der Waals surface area contributed by atoms with Gasteiger partial charge < -0.3 is 5.32 Å². The van der Waals surface area contributed by atoms with E-state index >= 15 is 0 Å². The molecule has 0 radical (unpaired) electrons. The number of hydrogen-bond donors (Lipinski definition) is 1. The molecule has 0 atom stereocenters. The Morgan fingerprint density at radius 3 is 2.08 bits per heavy atom. The summed E-state index contributed by atoms with van der Waals surface area (Å²) in [5.74, 6) is 0. The fraction of sp³-hybridized carbons (Fsp3) is 1.00. The molecule has 0 spiro atoms. The molecule has 74 valence electrons. The van der Waals surface area contributed by atoms with Crippen molar-refractivity contribution in [1.29, 1.82) is 0 Å². The monoisotopic (exact) mass is 235 g/mol. The molecule has 0 unspecified atom stereocenters. The Hall–Kier alpha value is 0.440. The quantitative estimate of drug-likeness (QED) is 0.697. The first-order valence-corrected chi connectivity index (χ1v) is 6.01. The maximum atomic E-state index is 3.66. The molecule has 12 heavy (non-hydrogen) atoms. The second-order valence-corrected chi connectivity index (χ2v) is 4.77. The highest BCUT2D eigenvalue weighted by atomic mass is 79.9. The van der Waals surface area contributed by atoms with Gasteiger partial charge in [0.25, 0.3) is 0 Å². The van der Waals surface area contributed by atoms with Crippen LogP contribution in [0.25, 0.3) is 0 Å². The number of nitrogens with one attached hydrogen (secondary N) is 1. The second-order valence-electron chi connectivity index (χ2n) is 3.98. The lowest BCUT2D eigenvalue weighted by Crippen LogP contribution is -2.45. The summed E-state index contributed by atoms with van der Waals surface area (Å²) in [6.45, 7) is 9.02. The summed E-state index contributed by atoms with van der Waals surface area (Å²) >= 11 is 3.48. The predicted molar refractivity (Wildman–Crippen MR) is 60.0 cm³/mol. The SMILES string of the molecule is CCC(CC)NC(C)(C)CCBr. The van der Waals surface area contributed by atoms with Crippen LogP contribution >= 0.6 is 15.9 Å². The molecule has 0 aromatic rings. The molecule has 1 nitrogen and oxygen atoms in total. The maximum absolute atomic E-state index is 3.66. The lowest BCUT2D eigenvalue weighted by atomic mass is 9.99. The molecule has 0 amide bonds. The molecule has 0 saturated heterocycles. The van der Waals surface area contributed by atoms with E-state index < -0.39 is 0 Å². The van der Waals surface area contributed by atoms with Crippen LogP contribution in [0.1, 0.15) is 47.0 Å². The van der Waals surface area contributed by atoms with Crippen molar-refractivity contribution in [2.24, 2.45) is 0 Å². The fourth-order valence-electron chi connectivity index (χ4n) is 1.35. The van der Waals surface area contributed by atoms with E-state index in [2.05, 4.69) is 48.9 Å². The molecule has 0 aromatic heterocycles. The van der Waals surface area contributed by atoms with Crippen molar-refractivity contribution in [1.82, 2.24) is 5.32 Å². The molecule has 0 aromatic carbocycles. The van der Waals surface area contributed by atoms with Gasteiger partial charge in [0.15, 0.2) is 0 Å². The van der Waals surface area contributed by atoms with Gasteiger partial charge in [-0.05, 0) is 33.1 Å². The first-order chi connectivity index (χ1) is 5.55. The zero-order valence-electron chi connectivity index (χ0n) is 8.78. The molecule has 2 heteroatoms. The first-order valence-electron chi connectivity index (χ1n) is 4.89. The van der Waals surface area contributed by atoms with Crippen LogP contribution in [-0.4, -0.2) is 16.9 Å². The summed E-state index contributed by atoms with van der Waals surface area (Å²) < 4.78 is 0. The van der Waals surface area contributed by atoms with Gasteiger partial charge in [0.2, 0.25) is 0 Å². The minimum atomic E-state index is 0.278. The van der Waals surface area contributed by atoms with Crippen LogP contribution in [0.2, 0.25) is 0 Å².